The summed E-state index contributed by atoms with van der Waals surface area (Å²) >= 11 is 1.52. The summed E-state index contributed by atoms with van der Waals surface area (Å²) < 4.78 is 6.87. The highest BCUT2D eigenvalue weighted by Gasteiger charge is 2.18. The van der Waals surface area contributed by atoms with Gasteiger partial charge in [-0.3, -0.25) is 14.2 Å². The molecule has 174 valence electrons. The van der Waals surface area contributed by atoms with Crippen molar-refractivity contribution < 1.29 is 9.53 Å². The maximum absolute atomic E-state index is 12.8. The third-order valence-electron chi connectivity index (χ3n) is 5.19. The maximum atomic E-state index is 12.8. The van der Waals surface area contributed by atoms with Gasteiger partial charge in [0.15, 0.2) is 0 Å². The van der Waals surface area contributed by atoms with Gasteiger partial charge in [0.25, 0.3) is 5.56 Å². The van der Waals surface area contributed by atoms with E-state index in [0.717, 1.165) is 28.4 Å². The second-order valence-corrected chi connectivity index (χ2v) is 8.76. The summed E-state index contributed by atoms with van der Waals surface area (Å²) in [7, 11) is 0. The second-order valence-electron chi connectivity index (χ2n) is 7.49. The molecule has 1 unspecified atom stereocenters. The molecule has 1 aromatic heterocycles. The lowest BCUT2D eigenvalue weighted by Crippen LogP contribution is -2.27. The predicted octanol–water partition coefficient (Wildman–Crippen LogP) is 5.02. The molecule has 0 saturated heterocycles. The van der Waals surface area contributed by atoms with Crippen LogP contribution in [0.3, 0.4) is 0 Å². The fourth-order valence-corrected chi connectivity index (χ4v) is 4.43. The third-order valence-corrected chi connectivity index (χ3v) is 6.55. The predicted molar refractivity (Wildman–Crippen MR) is 135 cm³/mol. The summed E-state index contributed by atoms with van der Waals surface area (Å²) in [5.74, 6) is 0.607. The summed E-state index contributed by atoms with van der Waals surface area (Å²) in [6, 6.07) is 19.3. The minimum Gasteiger partial charge on any atom is -0.465 e. The lowest BCUT2D eigenvalue weighted by Gasteiger charge is -2.15. The van der Waals surface area contributed by atoms with Gasteiger partial charge in [0.2, 0.25) is 0 Å². The van der Waals surface area contributed by atoms with Crippen LogP contribution in [0.1, 0.15) is 33.0 Å². The highest BCUT2D eigenvalue weighted by atomic mass is 32.2. The summed E-state index contributed by atoms with van der Waals surface area (Å²) in [5, 5.41) is 3.17. The van der Waals surface area contributed by atoms with Crippen LogP contribution in [0.5, 0.6) is 0 Å². The van der Waals surface area contributed by atoms with E-state index in [9.17, 15) is 9.59 Å². The standard InChI is InChI=1S/C26H31N3O3S/c1-4-23(26(31)32-6-3)33-21-14-12-20(13-15-21)27-16-17-29-24(5-2)28-22(18-25(29)30)19-10-8-7-9-11-19/h7-15,18,23,27H,4-6,16-17H2,1-3H3. The van der Waals surface area contributed by atoms with Crippen molar-refractivity contribution in [3.8, 4) is 11.3 Å². The van der Waals surface area contributed by atoms with E-state index in [1.54, 1.807) is 10.6 Å². The molecule has 1 atom stereocenters. The number of hydrogen-bond donors (Lipinski definition) is 1. The quantitative estimate of drug-likeness (QED) is 0.317. The average Bonchev–Trinajstić information content (AvgIpc) is 2.84. The van der Waals surface area contributed by atoms with E-state index in [2.05, 4.69) is 5.32 Å². The molecule has 0 aliphatic carbocycles. The van der Waals surface area contributed by atoms with Crippen LogP contribution in [-0.4, -0.2) is 33.9 Å². The molecule has 7 heteroatoms. The summed E-state index contributed by atoms with van der Waals surface area (Å²) in [6.45, 7) is 7.34. The van der Waals surface area contributed by atoms with Gasteiger partial charge in [0, 0.05) is 41.7 Å². The number of esters is 1. The zero-order chi connectivity index (χ0) is 23.6. The van der Waals surface area contributed by atoms with Crippen molar-refractivity contribution in [1.29, 1.82) is 0 Å². The molecule has 0 bridgehead atoms. The van der Waals surface area contributed by atoms with Gasteiger partial charge in [-0.05, 0) is 37.6 Å². The van der Waals surface area contributed by atoms with Crippen molar-refractivity contribution in [3.05, 3.63) is 76.8 Å². The van der Waals surface area contributed by atoms with E-state index in [1.165, 1.54) is 11.8 Å². The Bertz CT molecular complexity index is 1100. The Morgan fingerprint density at radius 1 is 1.09 bits per heavy atom. The lowest BCUT2D eigenvalue weighted by molar-refractivity contribution is -0.142. The van der Waals surface area contributed by atoms with Crippen LogP contribution < -0.4 is 10.9 Å². The zero-order valence-corrected chi connectivity index (χ0v) is 20.2. The van der Waals surface area contributed by atoms with E-state index in [1.807, 2.05) is 75.4 Å². The van der Waals surface area contributed by atoms with Gasteiger partial charge in [0.1, 0.15) is 11.1 Å². The minimum atomic E-state index is -0.200. The van der Waals surface area contributed by atoms with E-state index < -0.39 is 0 Å². The van der Waals surface area contributed by atoms with Crippen LogP contribution >= 0.6 is 11.8 Å². The first kappa shape index (κ1) is 24.6. The molecule has 33 heavy (non-hydrogen) atoms. The molecular weight excluding hydrogens is 434 g/mol. The molecule has 3 aromatic rings. The number of carbonyl (C=O) groups is 1. The summed E-state index contributed by atoms with van der Waals surface area (Å²) in [6.07, 6.45) is 1.40. The van der Waals surface area contributed by atoms with Crippen LogP contribution in [0.15, 0.2) is 70.4 Å². The number of ether oxygens (including phenoxy) is 1. The number of thioether (sulfide) groups is 1. The molecule has 2 aromatic carbocycles. The number of carbonyl (C=O) groups excluding carboxylic acids is 1. The van der Waals surface area contributed by atoms with Crippen molar-refractivity contribution in [2.24, 2.45) is 0 Å². The first-order chi connectivity index (χ1) is 16.0. The summed E-state index contributed by atoms with van der Waals surface area (Å²) in [5.41, 5.74) is 2.58. The Balaban J connectivity index is 1.61. The van der Waals surface area contributed by atoms with Crippen LogP contribution in [-0.2, 0) is 22.5 Å². The second kappa shape index (κ2) is 12.3. The smallest absolute Gasteiger partial charge is 0.319 e. The van der Waals surface area contributed by atoms with Gasteiger partial charge < -0.3 is 10.1 Å². The van der Waals surface area contributed by atoms with E-state index in [4.69, 9.17) is 9.72 Å². The Hall–Kier alpha value is -3.06. The molecule has 0 aliphatic rings. The monoisotopic (exact) mass is 465 g/mol. The van der Waals surface area contributed by atoms with Crippen molar-refractivity contribution in [2.75, 3.05) is 18.5 Å². The highest BCUT2D eigenvalue weighted by molar-refractivity contribution is 8.00. The van der Waals surface area contributed by atoms with E-state index in [-0.39, 0.29) is 16.8 Å². The van der Waals surface area contributed by atoms with Gasteiger partial charge in [-0.25, -0.2) is 4.98 Å². The van der Waals surface area contributed by atoms with Gasteiger partial charge in [-0.2, -0.15) is 0 Å². The largest absolute Gasteiger partial charge is 0.465 e. The molecule has 1 N–H and O–H groups in total. The first-order valence-electron chi connectivity index (χ1n) is 11.4. The fourth-order valence-electron chi connectivity index (χ4n) is 3.48. The van der Waals surface area contributed by atoms with Gasteiger partial charge in [-0.1, -0.05) is 44.2 Å². The normalized spacial score (nSPS) is 11.7. The maximum Gasteiger partial charge on any atom is 0.319 e. The molecule has 0 aliphatic heterocycles. The number of aryl methyl sites for hydroxylation is 1. The average molecular weight is 466 g/mol. The zero-order valence-electron chi connectivity index (χ0n) is 19.4. The number of nitrogens with zero attached hydrogens (tertiary/aromatic N) is 2. The van der Waals surface area contributed by atoms with Gasteiger partial charge in [-0.15, -0.1) is 11.8 Å². The molecule has 0 amide bonds. The fraction of sp³-hybridized carbons (Fsp3) is 0.346. The third kappa shape index (κ3) is 6.71. The number of aromatic nitrogens is 2. The lowest BCUT2D eigenvalue weighted by atomic mass is 10.1. The highest BCUT2D eigenvalue weighted by Crippen LogP contribution is 2.27. The number of nitrogens with one attached hydrogen (secondary N) is 1. The molecule has 0 radical (unpaired) electrons. The number of benzene rings is 2. The van der Waals surface area contributed by atoms with Crippen molar-refractivity contribution in [1.82, 2.24) is 9.55 Å². The van der Waals surface area contributed by atoms with E-state index >= 15 is 0 Å². The SMILES string of the molecule is CCOC(=O)C(CC)Sc1ccc(NCCn2c(CC)nc(-c3ccccc3)cc2=O)cc1. The molecule has 0 saturated carbocycles. The van der Waals surface area contributed by atoms with Crippen molar-refractivity contribution in [2.45, 2.75) is 50.3 Å². The van der Waals surface area contributed by atoms with Crippen LogP contribution in [0.2, 0.25) is 0 Å². The van der Waals surface area contributed by atoms with Crippen LogP contribution in [0, 0.1) is 0 Å². The van der Waals surface area contributed by atoms with Gasteiger partial charge >= 0.3 is 5.97 Å². The molecule has 0 spiro atoms. The van der Waals surface area contributed by atoms with Gasteiger partial charge in [0.05, 0.1) is 12.3 Å². The molecule has 3 rings (SSSR count). The minimum absolute atomic E-state index is 0.0428. The Labute approximate surface area is 199 Å². The molecular formula is C26H31N3O3S. The molecule has 0 fully saturated rings. The Kier molecular flexibility index (Phi) is 9.13. The van der Waals surface area contributed by atoms with Crippen molar-refractivity contribution in [3.63, 3.8) is 0 Å². The Morgan fingerprint density at radius 3 is 2.45 bits per heavy atom. The molecule has 6 nitrogen and oxygen atoms in total. The van der Waals surface area contributed by atoms with E-state index in [0.29, 0.717) is 31.8 Å². The number of hydrogen-bond acceptors (Lipinski definition) is 6. The number of anilines is 1. The van der Waals surface area contributed by atoms with Crippen LogP contribution in [0.25, 0.3) is 11.3 Å². The topological polar surface area (TPSA) is 73.2 Å². The summed E-state index contributed by atoms with van der Waals surface area (Å²) in [4.78, 5) is 30.5. The first-order valence-corrected chi connectivity index (χ1v) is 12.3. The van der Waals surface area contributed by atoms with Crippen molar-refractivity contribution >= 4 is 23.4 Å². The number of rotatable bonds is 11. The molecule has 1 heterocycles. The Morgan fingerprint density at radius 2 is 1.82 bits per heavy atom. The van der Waals surface area contributed by atoms with Crippen LogP contribution in [0.4, 0.5) is 5.69 Å².